The zero-order valence-electron chi connectivity index (χ0n) is 21.0. The number of benzene rings is 4. The van der Waals surface area contributed by atoms with Gasteiger partial charge in [0.1, 0.15) is 11.6 Å². The number of pyridine rings is 1. The molecule has 1 atom stereocenters. The van der Waals surface area contributed by atoms with Crippen LogP contribution in [0.25, 0.3) is 53.1 Å². The van der Waals surface area contributed by atoms with Gasteiger partial charge in [-0.25, -0.2) is 0 Å². The van der Waals surface area contributed by atoms with E-state index >= 15 is 0 Å². The largest absolute Gasteiger partial charge is 0.318 e. The molecule has 7 aromatic rings. The summed E-state index contributed by atoms with van der Waals surface area (Å²) < 4.78 is 7.69. The molecule has 2 aliphatic rings. The zero-order chi connectivity index (χ0) is 25.5. The third-order valence-electron chi connectivity index (χ3n) is 8.15. The molecule has 0 saturated carbocycles. The first-order valence-corrected chi connectivity index (χ1v) is 14.1. The molecule has 1 unspecified atom stereocenters. The van der Waals surface area contributed by atoms with Crippen molar-refractivity contribution in [2.45, 2.75) is 6.04 Å². The number of fused-ring (bicyclic) bond motifs is 8. The van der Waals surface area contributed by atoms with Gasteiger partial charge in [0.15, 0.2) is 0 Å². The van der Waals surface area contributed by atoms with Crippen molar-refractivity contribution >= 4 is 70.4 Å². The Morgan fingerprint density at radius 2 is 1.62 bits per heavy atom. The quantitative estimate of drug-likeness (QED) is 0.210. The number of aromatic nitrogens is 2. The Morgan fingerprint density at radius 1 is 0.718 bits per heavy atom. The fourth-order valence-corrected chi connectivity index (χ4v) is 7.62. The summed E-state index contributed by atoms with van der Waals surface area (Å²) in [6, 6.07) is 33.4. The second-order valence-electron chi connectivity index (χ2n) is 10.2. The fourth-order valence-electron chi connectivity index (χ4n) is 6.50. The lowest BCUT2D eigenvalue weighted by Crippen LogP contribution is -2.30. The number of para-hydroxylation sites is 1. The highest BCUT2D eigenvalue weighted by Crippen LogP contribution is 2.46. The van der Waals surface area contributed by atoms with Crippen LogP contribution in [0.3, 0.4) is 0 Å². The van der Waals surface area contributed by atoms with Crippen LogP contribution in [0.1, 0.15) is 6.04 Å². The summed E-state index contributed by atoms with van der Waals surface area (Å²) in [5.41, 5.74) is 8.50. The van der Waals surface area contributed by atoms with E-state index in [4.69, 9.17) is 0 Å². The van der Waals surface area contributed by atoms with Crippen molar-refractivity contribution in [2.24, 2.45) is 0 Å². The van der Waals surface area contributed by atoms with E-state index in [1.165, 1.54) is 58.9 Å². The molecular formula is C35H22N3S+. The van der Waals surface area contributed by atoms with Gasteiger partial charge in [-0.05, 0) is 29.8 Å². The third kappa shape index (κ3) is 2.92. The summed E-state index contributed by atoms with van der Waals surface area (Å²) in [7, 11) is 0. The van der Waals surface area contributed by atoms with Crippen LogP contribution >= 0.6 is 11.3 Å². The number of nitrogens with zero attached hydrogens (tertiary/aromatic N) is 3. The van der Waals surface area contributed by atoms with E-state index in [-0.39, 0.29) is 6.04 Å². The van der Waals surface area contributed by atoms with Gasteiger partial charge in [0.05, 0.1) is 5.52 Å². The third-order valence-corrected chi connectivity index (χ3v) is 9.28. The molecule has 9 rings (SSSR count). The molecule has 0 radical (unpaired) electrons. The van der Waals surface area contributed by atoms with Crippen LogP contribution in [0.2, 0.25) is 0 Å². The van der Waals surface area contributed by atoms with E-state index in [0.717, 1.165) is 11.3 Å². The highest BCUT2D eigenvalue weighted by molar-refractivity contribution is 7.25. The Labute approximate surface area is 228 Å². The van der Waals surface area contributed by atoms with Crippen LogP contribution < -0.4 is 4.58 Å². The summed E-state index contributed by atoms with van der Waals surface area (Å²) in [4.78, 5) is 4.35. The molecule has 4 heteroatoms. The maximum absolute atomic E-state index is 4.35. The zero-order valence-corrected chi connectivity index (χ0v) is 21.8. The minimum absolute atomic E-state index is 0.106. The van der Waals surface area contributed by atoms with Gasteiger partial charge in [-0.3, -0.25) is 4.98 Å². The molecule has 0 saturated heterocycles. The number of thiophene rings is 1. The molecule has 1 aliphatic carbocycles. The van der Waals surface area contributed by atoms with Crippen molar-refractivity contribution in [3.63, 3.8) is 0 Å². The Balaban J connectivity index is 1.37. The highest BCUT2D eigenvalue weighted by Gasteiger charge is 2.37. The van der Waals surface area contributed by atoms with Crippen molar-refractivity contribution in [1.82, 2.24) is 14.1 Å². The van der Waals surface area contributed by atoms with E-state index < -0.39 is 0 Å². The monoisotopic (exact) mass is 516 g/mol. The molecule has 39 heavy (non-hydrogen) atoms. The standard InChI is InChI=1S/C35H22N3S/c1-4-16-33-25(11-1)28-19-32-27(20-34(28)39-33)26-12-6-15-31-35(26)38(32)30-14-3-2-13-29(30)37(31)24-10-5-8-22(18-24)23-9-7-17-36-21-23/h1-21,30H/q+1. The Morgan fingerprint density at radius 3 is 2.56 bits per heavy atom. The van der Waals surface area contributed by atoms with Gasteiger partial charge >= 0.3 is 0 Å². The van der Waals surface area contributed by atoms with Crippen LogP contribution in [0, 0.1) is 0 Å². The van der Waals surface area contributed by atoms with Crippen LogP contribution in [-0.2, 0) is 0 Å². The van der Waals surface area contributed by atoms with E-state index in [9.17, 15) is 0 Å². The molecular weight excluding hydrogens is 494 g/mol. The van der Waals surface area contributed by atoms with Gasteiger partial charge in [0.2, 0.25) is 17.1 Å². The van der Waals surface area contributed by atoms with Crippen molar-refractivity contribution in [2.75, 3.05) is 0 Å². The van der Waals surface area contributed by atoms with Gasteiger partial charge < -0.3 is 4.57 Å². The number of hydrogen-bond donors (Lipinski definition) is 0. The summed E-state index contributed by atoms with van der Waals surface area (Å²) >= 11 is 1.89. The maximum Gasteiger partial charge on any atom is 0.235 e. The normalized spacial score (nSPS) is 16.2. The lowest BCUT2D eigenvalue weighted by atomic mass is 10.0. The molecule has 0 fully saturated rings. The highest BCUT2D eigenvalue weighted by atomic mass is 32.1. The van der Waals surface area contributed by atoms with Gasteiger partial charge in [-0.1, -0.05) is 66.8 Å². The summed E-state index contributed by atoms with van der Waals surface area (Å²) in [5, 5.41) is 5.30. The molecule has 3 nitrogen and oxygen atoms in total. The van der Waals surface area contributed by atoms with Gasteiger partial charge in [0.25, 0.3) is 0 Å². The smallest absolute Gasteiger partial charge is 0.235 e. The number of hydrogen-bond acceptors (Lipinski definition) is 2. The average Bonchev–Trinajstić information content (AvgIpc) is 3.53. The molecule has 0 N–H and O–H groups in total. The van der Waals surface area contributed by atoms with Crippen LogP contribution in [-0.4, -0.2) is 15.3 Å². The number of rotatable bonds is 2. The molecule has 4 heterocycles. The first kappa shape index (κ1) is 21.2. The van der Waals surface area contributed by atoms with Gasteiger partial charge in [-0.15, -0.1) is 11.3 Å². The van der Waals surface area contributed by atoms with Crippen molar-refractivity contribution in [3.8, 4) is 11.1 Å². The lowest BCUT2D eigenvalue weighted by Gasteiger charge is -2.24. The molecule has 1 aliphatic heterocycles. The van der Waals surface area contributed by atoms with Gasteiger partial charge in [0, 0.05) is 73.2 Å². The maximum atomic E-state index is 4.35. The van der Waals surface area contributed by atoms with Crippen LogP contribution in [0.5, 0.6) is 0 Å². The molecule has 182 valence electrons. The first-order valence-electron chi connectivity index (χ1n) is 13.3. The summed E-state index contributed by atoms with van der Waals surface area (Å²) in [6.07, 6.45) is 12.7. The SMILES string of the molecule is C1=CC2=[N+](c3cccc(-c4cccnc4)c3)c3cccc4c5cc6sc7ccccc7c6cc5n(c34)C2C=C1. The van der Waals surface area contributed by atoms with Crippen LogP contribution in [0.4, 0.5) is 11.4 Å². The van der Waals surface area contributed by atoms with E-state index in [0.29, 0.717) is 0 Å². The predicted molar refractivity (Wildman–Crippen MR) is 166 cm³/mol. The van der Waals surface area contributed by atoms with Crippen molar-refractivity contribution in [1.29, 1.82) is 0 Å². The molecule has 0 spiro atoms. The lowest BCUT2D eigenvalue weighted by molar-refractivity contribution is 0.781. The first-order chi connectivity index (χ1) is 19.3. The fraction of sp³-hybridized carbons (Fsp3) is 0.0286. The topological polar surface area (TPSA) is 20.8 Å². The van der Waals surface area contributed by atoms with Crippen molar-refractivity contribution < 1.29 is 0 Å². The molecule has 3 aromatic heterocycles. The van der Waals surface area contributed by atoms with Crippen molar-refractivity contribution in [3.05, 3.63) is 128 Å². The van der Waals surface area contributed by atoms with E-state index in [2.05, 4.69) is 123 Å². The minimum Gasteiger partial charge on any atom is -0.318 e. The second kappa shape index (κ2) is 7.85. The molecule has 0 bridgehead atoms. The van der Waals surface area contributed by atoms with Crippen LogP contribution in [0.15, 0.2) is 128 Å². The Hall–Kier alpha value is -4.80. The minimum atomic E-state index is 0.106. The van der Waals surface area contributed by atoms with Gasteiger partial charge in [-0.2, -0.15) is 4.58 Å². The second-order valence-corrected chi connectivity index (χ2v) is 11.3. The number of allylic oxidation sites excluding steroid dienone is 4. The molecule has 4 aromatic carbocycles. The van der Waals surface area contributed by atoms with E-state index in [1.807, 2.05) is 29.8 Å². The van der Waals surface area contributed by atoms with E-state index in [1.54, 1.807) is 0 Å². The molecule has 0 amide bonds. The average molecular weight is 517 g/mol. The predicted octanol–water partition coefficient (Wildman–Crippen LogP) is 9.18. The Kier molecular flexibility index (Phi) is 4.26. The summed E-state index contributed by atoms with van der Waals surface area (Å²) in [6.45, 7) is 0. The summed E-state index contributed by atoms with van der Waals surface area (Å²) in [5.74, 6) is 0. The Bertz CT molecular complexity index is 2230.